The second kappa shape index (κ2) is 17.2. The highest BCUT2D eigenvalue weighted by molar-refractivity contribution is 6.06. The van der Waals surface area contributed by atoms with Gasteiger partial charge < -0.3 is 37.3 Å². The summed E-state index contributed by atoms with van der Waals surface area (Å²) < 4.78 is 5.88. The molecule has 0 aliphatic heterocycles. The summed E-state index contributed by atoms with van der Waals surface area (Å²) in [4.78, 5) is 26.6. The maximum absolute atomic E-state index is 12.3. The molecule has 0 fully saturated rings. The average Bonchev–Trinajstić information content (AvgIpc) is 2.92. The third-order valence-electron chi connectivity index (χ3n) is 6.20. The van der Waals surface area contributed by atoms with Gasteiger partial charge in [-0.25, -0.2) is 9.97 Å². The van der Waals surface area contributed by atoms with Gasteiger partial charge in [-0.3, -0.25) is 20.0 Å². The number of rotatable bonds is 17. The quantitative estimate of drug-likeness (QED) is 0.0787. The molecule has 2 rings (SSSR count). The van der Waals surface area contributed by atoms with E-state index in [0.29, 0.717) is 51.3 Å². The van der Waals surface area contributed by atoms with E-state index in [4.69, 9.17) is 27.0 Å². The van der Waals surface area contributed by atoms with Crippen molar-refractivity contribution in [2.75, 3.05) is 50.9 Å². The Hall–Kier alpha value is -3.52. The van der Waals surface area contributed by atoms with Gasteiger partial charge in [0.15, 0.2) is 17.5 Å². The van der Waals surface area contributed by atoms with Gasteiger partial charge in [0, 0.05) is 26.2 Å². The highest BCUT2D eigenvalue weighted by Gasteiger charge is 2.16. The van der Waals surface area contributed by atoms with Gasteiger partial charge in [-0.2, -0.15) is 0 Å². The molecule has 0 saturated carbocycles. The number of guanidine groups is 1. The van der Waals surface area contributed by atoms with Gasteiger partial charge >= 0.3 is 0 Å². The Labute approximate surface area is 235 Å². The molecule has 13 heteroatoms. The van der Waals surface area contributed by atoms with Crippen molar-refractivity contribution in [2.45, 2.75) is 58.2 Å². The molecule has 1 aromatic heterocycles. The lowest BCUT2D eigenvalue weighted by Gasteiger charge is -2.24. The van der Waals surface area contributed by atoms with Crippen LogP contribution in [0.1, 0.15) is 54.4 Å². The molecule has 0 radical (unpaired) electrons. The molecule has 2 unspecified atom stereocenters. The van der Waals surface area contributed by atoms with Crippen LogP contribution in [0.15, 0.2) is 29.3 Å². The molecular weight excluding hydrogens is 516 g/mol. The molecule has 40 heavy (non-hydrogen) atoms. The Morgan fingerprint density at radius 1 is 1.07 bits per heavy atom. The molecule has 0 aliphatic carbocycles. The van der Waals surface area contributed by atoms with Gasteiger partial charge in [-0.1, -0.05) is 12.1 Å². The largest absolute Gasteiger partial charge is 0.492 e. The Morgan fingerprint density at radius 2 is 1.77 bits per heavy atom. The monoisotopic (exact) mass is 560 g/mol. The summed E-state index contributed by atoms with van der Waals surface area (Å²) >= 11 is 0. The second-order valence-corrected chi connectivity index (χ2v) is 9.70. The van der Waals surface area contributed by atoms with Crippen LogP contribution in [0.25, 0.3) is 0 Å². The number of aryl methyl sites for hydroxylation is 2. The number of unbranched alkanes of at least 4 members (excludes halogenated alkanes) is 1. The van der Waals surface area contributed by atoms with E-state index in [0.717, 1.165) is 25.0 Å². The van der Waals surface area contributed by atoms with E-state index in [2.05, 4.69) is 25.2 Å². The molecule has 13 nitrogen and oxygen atoms in total. The first-order chi connectivity index (χ1) is 19.1. The van der Waals surface area contributed by atoms with Crippen molar-refractivity contribution in [1.29, 1.82) is 0 Å². The van der Waals surface area contributed by atoms with Crippen LogP contribution >= 0.6 is 0 Å². The Bertz CT molecular complexity index is 1080. The smallest absolute Gasteiger partial charge is 0.280 e. The maximum atomic E-state index is 12.3. The van der Waals surface area contributed by atoms with Gasteiger partial charge in [0.2, 0.25) is 0 Å². The number of aliphatic imine (C=N–C) groups is 1. The molecule has 10 N–H and O–H groups in total. The summed E-state index contributed by atoms with van der Waals surface area (Å²) in [6.45, 7) is 6.00. The average molecular weight is 561 g/mol. The summed E-state index contributed by atoms with van der Waals surface area (Å²) in [5.74, 6) is 0.248. The number of benzene rings is 1. The standard InChI is InChI=1S/C27H44N8O5/c1-18(37)10-13-35(14-11-21(38)17-36)15-16-40-22-8-6-20(7-9-22)5-3-4-12-31-27(30)34-26(39)23-25(29)33-24(28)19(2)32-23/h6-9,18,21,36-38H,3-5,10-17H2,1-2H3,(H4,28,29,33)(H3,30,31,34,39). The summed E-state index contributed by atoms with van der Waals surface area (Å²) in [5, 5.41) is 30.7. The Morgan fingerprint density at radius 3 is 2.45 bits per heavy atom. The predicted molar refractivity (Wildman–Crippen MR) is 155 cm³/mol. The first-order valence-electron chi connectivity index (χ1n) is 13.5. The number of hydrogen-bond donors (Lipinski definition) is 7. The zero-order valence-electron chi connectivity index (χ0n) is 23.4. The fourth-order valence-electron chi connectivity index (χ4n) is 3.74. The van der Waals surface area contributed by atoms with Crippen molar-refractivity contribution >= 4 is 23.5 Å². The molecule has 0 spiro atoms. The van der Waals surface area contributed by atoms with Gasteiger partial charge in [0.25, 0.3) is 5.91 Å². The maximum Gasteiger partial charge on any atom is 0.280 e. The first kappa shape index (κ1) is 32.7. The van der Waals surface area contributed by atoms with Crippen LogP contribution in [0.2, 0.25) is 0 Å². The molecule has 2 aromatic rings. The molecule has 0 bridgehead atoms. The van der Waals surface area contributed by atoms with Crippen LogP contribution in [-0.2, 0) is 6.42 Å². The highest BCUT2D eigenvalue weighted by Crippen LogP contribution is 2.15. The number of nitrogens with two attached hydrogens (primary N) is 3. The number of carbonyl (C=O) groups excluding carboxylic acids is 1. The van der Waals surface area contributed by atoms with Crippen molar-refractivity contribution in [3.63, 3.8) is 0 Å². The fraction of sp³-hybridized carbons (Fsp3) is 0.556. The lowest BCUT2D eigenvalue weighted by Crippen LogP contribution is -2.38. The van der Waals surface area contributed by atoms with E-state index < -0.39 is 18.1 Å². The number of amides is 1. The first-order valence-corrected chi connectivity index (χ1v) is 13.5. The number of nitrogens with one attached hydrogen (secondary N) is 1. The van der Waals surface area contributed by atoms with Crippen LogP contribution < -0.4 is 27.3 Å². The topological polar surface area (TPSA) is 218 Å². The normalized spacial score (nSPS) is 13.3. The van der Waals surface area contributed by atoms with Crippen LogP contribution in [0.5, 0.6) is 5.75 Å². The number of nitrogens with zero attached hydrogens (tertiary/aromatic N) is 4. The van der Waals surface area contributed by atoms with E-state index in [1.807, 2.05) is 24.3 Å². The van der Waals surface area contributed by atoms with Crippen LogP contribution in [0.4, 0.5) is 11.6 Å². The molecule has 0 aliphatic rings. The zero-order chi connectivity index (χ0) is 29.5. The number of carbonyl (C=O) groups is 1. The van der Waals surface area contributed by atoms with E-state index >= 15 is 0 Å². The van der Waals surface area contributed by atoms with Crippen molar-refractivity contribution in [3.8, 4) is 5.75 Å². The lowest BCUT2D eigenvalue weighted by molar-refractivity contribution is 0.0719. The molecule has 1 heterocycles. The number of anilines is 2. The van der Waals surface area contributed by atoms with Gasteiger partial charge in [-0.15, -0.1) is 0 Å². The van der Waals surface area contributed by atoms with Gasteiger partial charge in [0.05, 0.1) is 24.5 Å². The molecule has 1 aromatic carbocycles. The Kier molecular flexibility index (Phi) is 14.1. The van der Waals surface area contributed by atoms with Crippen molar-refractivity contribution < 1.29 is 24.9 Å². The van der Waals surface area contributed by atoms with Crippen LogP contribution in [0.3, 0.4) is 0 Å². The van der Waals surface area contributed by atoms with Gasteiger partial charge in [-0.05, 0) is 63.6 Å². The van der Waals surface area contributed by atoms with E-state index in [1.54, 1.807) is 13.8 Å². The summed E-state index contributed by atoms with van der Waals surface area (Å²) in [7, 11) is 0. The number of ether oxygens (including phenoxy) is 1. The highest BCUT2D eigenvalue weighted by atomic mass is 16.5. The molecule has 0 saturated heterocycles. The number of aliphatic hydroxyl groups excluding tert-OH is 3. The van der Waals surface area contributed by atoms with Crippen LogP contribution in [-0.4, -0.2) is 93.7 Å². The van der Waals surface area contributed by atoms with Crippen molar-refractivity contribution in [3.05, 3.63) is 41.2 Å². The molecule has 222 valence electrons. The molecule has 2 atom stereocenters. The minimum atomic E-state index is -0.743. The van der Waals surface area contributed by atoms with Crippen molar-refractivity contribution in [2.24, 2.45) is 10.7 Å². The van der Waals surface area contributed by atoms with Crippen molar-refractivity contribution in [1.82, 2.24) is 20.2 Å². The number of aliphatic hydroxyl groups is 3. The minimum absolute atomic E-state index is 0.0174. The number of nitrogen functional groups attached to an aromatic ring is 2. The van der Waals surface area contributed by atoms with Gasteiger partial charge in [0.1, 0.15) is 18.2 Å². The van der Waals surface area contributed by atoms with Crippen LogP contribution in [0, 0.1) is 6.92 Å². The van der Waals surface area contributed by atoms with E-state index in [1.165, 1.54) is 5.56 Å². The van der Waals surface area contributed by atoms with E-state index in [-0.39, 0.29) is 29.9 Å². The fourth-order valence-corrected chi connectivity index (χ4v) is 3.74. The van der Waals surface area contributed by atoms with E-state index in [9.17, 15) is 15.0 Å². The second-order valence-electron chi connectivity index (χ2n) is 9.70. The molecular formula is C27H44N8O5. The third kappa shape index (κ3) is 12.1. The summed E-state index contributed by atoms with van der Waals surface area (Å²) in [6.07, 6.45) is 2.48. The minimum Gasteiger partial charge on any atom is -0.492 e. The zero-order valence-corrected chi connectivity index (χ0v) is 23.4. The Balaban J connectivity index is 1.70. The summed E-state index contributed by atoms with van der Waals surface area (Å²) in [6, 6.07) is 7.92. The predicted octanol–water partition coefficient (Wildman–Crippen LogP) is 0.212. The number of aromatic nitrogens is 2. The summed E-state index contributed by atoms with van der Waals surface area (Å²) in [5.41, 5.74) is 18.7. The lowest BCUT2D eigenvalue weighted by atomic mass is 10.1. The molecule has 1 amide bonds. The third-order valence-corrected chi connectivity index (χ3v) is 6.20. The number of hydrogen-bond acceptors (Lipinski definition) is 11. The SMILES string of the molecule is Cc1nc(C(=O)NC(N)=NCCCCc2ccc(OCCN(CCC(C)O)CCC(O)CO)cc2)c(N)nc1N.